The number of aromatic nitrogens is 1. The molecular formula is C6H2Cl4FN. The molecule has 0 amide bonds. The molecule has 0 radical (unpaired) electrons. The lowest BCUT2D eigenvalue weighted by Crippen LogP contribution is -2.01. The third-order valence-corrected chi connectivity index (χ3v) is 2.06. The van der Waals surface area contributed by atoms with E-state index >= 15 is 0 Å². The van der Waals surface area contributed by atoms with Gasteiger partial charge >= 0.3 is 0 Å². The molecule has 0 aliphatic carbocycles. The van der Waals surface area contributed by atoms with Crippen molar-refractivity contribution in [1.82, 2.24) is 4.98 Å². The summed E-state index contributed by atoms with van der Waals surface area (Å²) >= 11 is 21.7. The van der Waals surface area contributed by atoms with E-state index in [9.17, 15) is 4.39 Å². The molecule has 1 aromatic heterocycles. The molecule has 1 heterocycles. The van der Waals surface area contributed by atoms with E-state index in [0.29, 0.717) is 0 Å². The Labute approximate surface area is 88.4 Å². The van der Waals surface area contributed by atoms with Crippen molar-refractivity contribution in [3.8, 4) is 0 Å². The van der Waals surface area contributed by atoms with Crippen LogP contribution in [-0.2, 0) is 3.79 Å². The summed E-state index contributed by atoms with van der Waals surface area (Å²) in [6.07, 6.45) is 1.21. The van der Waals surface area contributed by atoms with Crippen LogP contribution >= 0.6 is 46.4 Å². The zero-order chi connectivity index (χ0) is 9.35. The van der Waals surface area contributed by atoms with E-state index in [1.807, 2.05) is 0 Å². The molecule has 0 atom stereocenters. The summed E-state index contributed by atoms with van der Waals surface area (Å²) in [6.45, 7) is 0. The fourth-order valence-corrected chi connectivity index (χ4v) is 0.990. The van der Waals surface area contributed by atoms with E-state index in [-0.39, 0.29) is 10.7 Å². The Morgan fingerprint density at radius 1 is 1.33 bits per heavy atom. The van der Waals surface area contributed by atoms with E-state index in [4.69, 9.17) is 46.4 Å². The van der Waals surface area contributed by atoms with Crippen molar-refractivity contribution in [2.24, 2.45) is 0 Å². The van der Waals surface area contributed by atoms with Crippen LogP contribution in [0.15, 0.2) is 12.3 Å². The van der Waals surface area contributed by atoms with Crippen molar-refractivity contribution in [3.05, 3.63) is 28.8 Å². The van der Waals surface area contributed by atoms with Crippen LogP contribution in [0.5, 0.6) is 0 Å². The Hall–Kier alpha value is 0.240. The van der Waals surface area contributed by atoms with Crippen LogP contribution in [0, 0.1) is 5.82 Å². The Morgan fingerprint density at radius 3 is 2.33 bits per heavy atom. The first-order valence-corrected chi connectivity index (χ1v) is 4.30. The van der Waals surface area contributed by atoms with Gasteiger partial charge in [-0.25, -0.2) is 9.37 Å². The van der Waals surface area contributed by atoms with E-state index in [2.05, 4.69) is 4.98 Å². The Balaban J connectivity index is 3.14. The number of pyridine rings is 1. The number of rotatable bonds is 0. The molecule has 1 rings (SSSR count). The van der Waals surface area contributed by atoms with Gasteiger partial charge in [-0.3, -0.25) is 0 Å². The summed E-state index contributed by atoms with van der Waals surface area (Å²) < 4.78 is 11.1. The molecule has 0 saturated heterocycles. The minimum atomic E-state index is -1.67. The molecule has 0 bridgehead atoms. The predicted molar refractivity (Wildman–Crippen MR) is 48.4 cm³/mol. The number of halogens is 5. The number of nitrogens with zero attached hydrogens (tertiary/aromatic N) is 1. The van der Waals surface area contributed by atoms with Gasteiger partial charge in [0.15, 0.2) is 11.0 Å². The maximum Gasteiger partial charge on any atom is 0.217 e. The number of alkyl halides is 3. The van der Waals surface area contributed by atoms with Crippen molar-refractivity contribution < 1.29 is 4.39 Å². The number of hydrogen-bond acceptors (Lipinski definition) is 1. The van der Waals surface area contributed by atoms with E-state index in [1.165, 1.54) is 6.20 Å². The normalized spacial score (nSPS) is 11.8. The summed E-state index contributed by atoms with van der Waals surface area (Å²) in [4.78, 5) is 3.48. The molecule has 66 valence electrons. The second-order valence-electron chi connectivity index (χ2n) is 1.99. The lowest BCUT2D eigenvalue weighted by atomic mass is 10.3. The summed E-state index contributed by atoms with van der Waals surface area (Å²) in [5.41, 5.74) is 0.148. The van der Waals surface area contributed by atoms with Gasteiger partial charge in [-0.2, -0.15) is 0 Å². The third-order valence-electron chi connectivity index (χ3n) is 1.12. The molecule has 0 unspecified atom stereocenters. The summed E-state index contributed by atoms with van der Waals surface area (Å²) in [7, 11) is 0. The highest BCUT2D eigenvalue weighted by molar-refractivity contribution is 6.66. The van der Waals surface area contributed by atoms with Crippen LogP contribution in [-0.4, -0.2) is 4.98 Å². The van der Waals surface area contributed by atoms with Crippen LogP contribution in [0.1, 0.15) is 5.56 Å². The second kappa shape index (κ2) is 3.54. The Morgan fingerprint density at radius 2 is 1.92 bits per heavy atom. The molecule has 12 heavy (non-hydrogen) atoms. The molecule has 0 aliphatic rings. The second-order valence-corrected chi connectivity index (χ2v) is 4.63. The fraction of sp³-hybridized carbons (Fsp3) is 0.167. The highest BCUT2D eigenvalue weighted by atomic mass is 35.6. The average molecular weight is 249 g/mol. The van der Waals surface area contributed by atoms with Crippen LogP contribution in [0.25, 0.3) is 0 Å². The van der Waals surface area contributed by atoms with Gasteiger partial charge in [-0.05, 0) is 6.07 Å². The van der Waals surface area contributed by atoms with Crippen LogP contribution < -0.4 is 0 Å². The van der Waals surface area contributed by atoms with E-state index < -0.39 is 9.61 Å². The molecule has 1 nitrogen and oxygen atoms in total. The van der Waals surface area contributed by atoms with E-state index in [1.54, 1.807) is 0 Å². The van der Waals surface area contributed by atoms with Crippen molar-refractivity contribution in [1.29, 1.82) is 0 Å². The fourth-order valence-electron chi connectivity index (χ4n) is 0.576. The first kappa shape index (κ1) is 10.3. The largest absolute Gasteiger partial charge is 0.241 e. The summed E-state index contributed by atoms with van der Waals surface area (Å²) in [6, 6.07) is 1.03. The topological polar surface area (TPSA) is 12.9 Å². The maximum absolute atomic E-state index is 12.7. The van der Waals surface area contributed by atoms with Gasteiger partial charge < -0.3 is 0 Å². The van der Waals surface area contributed by atoms with E-state index in [0.717, 1.165) is 6.07 Å². The molecular weight excluding hydrogens is 247 g/mol. The molecule has 0 N–H and O–H groups in total. The first-order chi connectivity index (χ1) is 5.41. The van der Waals surface area contributed by atoms with Gasteiger partial charge in [0.05, 0.1) is 0 Å². The average Bonchev–Trinajstić information content (AvgIpc) is 1.92. The van der Waals surface area contributed by atoms with Crippen LogP contribution in [0.3, 0.4) is 0 Å². The van der Waals surface area contributed by atoms with Gasteiger partial charge in [0, 0.05) is 11.8 Å². The maximum atomic E-state index is 12.7. The standard InChI is InChI=1S/C6H2Cl4FN/c7-5-4(11)1-3(2-12-5)6(8,9)10/h1-2H. The zero-order valence-electron chi connectivity index (χ0n) is 5.49. The Bertz CT molecular complexity index is 296. The molecule has 1 aromatic rings. The molecule has 0 aromatic carbocycles. The molecule has 6 heteroatoms. The minimum absolute atomic E-state index is 0.148. The van der Waals surface area contributed by atoms with Gasteiger partial charge in [0.25, 0.3) is 0 Å². The molecule has 0 spiro atoms. The smallest absolute Gasteiger partial charge is 0.217 e. The first-order valence-electron chi connectivity index (χ1n) is 2.79. The molecule has 0 aliphatic heterocycles. The van der Waals surface area contributed by atoms with Gasteiger partial charge in [0.1, 0.15) is 0 Å². The van der Waals surface area contributed by atoms with Crippen LogP contribution in [0.4, 0.5) is 4.39 Å². The van der Waals surface area contributed by atoms with Crippen molar-refractivity contribution in [2.45, 2.75) is 3.79 Å². The summed E-state index contributed by atoms with van der Waals surface area (Å²) in [5, 5.41) is -0.243. The van der Waals surface area contributed by atoms with Crippen LogP contribution in [0.2, 0.25) is 5.15 Å². The highest BCUT2D eigenvalue weighted by Crippen LogP contribution is 2.38. The van der Waals surface area contributed by atoms with Gasteiger partial charge in [-0.15, -0.1) is 0 Å². The predicted octanol–water partition coefficient (Wildman–Crippen LogP) is 3.70. The minimum Gasteiger partial charge on any atom is -0.241 e. The molecule has 0 fully saturated rings. The summed E-state index contributed by atoms with van der Waals surface area (Å²) in [5.74, 6) is -0.708. The van der Waals surface area contributed by atoms with Crippen molar-refractivity contribution >= 4 is 46.4 Å². The lowest BCUT2D eigenvalue weighted by Gasteiger charge is -2.09. The zero-order valence-corrected chi connectivity index (χ0v) is 8.52. The Kier molecular flexibility index (Phi) is 3.05. The SMILES string of the molecule is Fc1cc(C(Cl)(Cl)Cl)cnc1Cl. The lowest BCUT2D eigenvalue weighted by molar-refractivity contribution is 0.619. The highest BCUT2D eigenvalue weighted by Gasteiger charge is 2.24. The molecule has 0 saturated carbocycles. The van der Waals surface area contributed by atoms with Crippen molar-refractivity contribution in [2.75, 3.05) is 0 Å². The third kappa shape index (κ3) is 2.36. The van der Waals surface area contributed by atoms with Crippen molar-refractivity contribution in [3.63, 3.8) is 0 Å². The quantitative estimate of drug-likeness (QED) is 0.504. The van der Waals surface area contributed by atoms with Gasteiger partial charge in [0.2, 0.25) is 3.79 Å². The van der Waals surface area contributed by atoms with Gasteiger partial charge in [-0.1, -0.05) is 46.4 Å². The monoisotopic (exact) mass is 247 g/mol. The number of hydrogen-bond donors (Lipinski definition) is 0.